The lowest BCUT2D eigenvalue weighted by Gasteiger charge is -2.16. The Kier molecular flexibility index (Phi) is 3.43. The van der Waals surface area contributed by atoms with Gasteiger partial charge in [-0.05, 0) is 19.8 Å². The molecule has 1 rings (SSSR count). The maximum absolute atomic E-state index is 11.3. The van der Waals surface area contributed by atoms with Gasteiger partial charge in [0.15, 0.2) is 0 Å². The molecule has 1 unspecified atom stereocenters. The van der Waals surface area contributed by atoms with Gasteiger partial charge in [-0.1, -0.05) is 0 Å². The molecule has 1 aliphatic rings. The Bertz CT molecular complexity index is 269. The van der Waals surface area contributed by atoms with E-state index in [9.17, 15) is 9.59 Å². The number of carbonyl (C=O) groups is 2. The number of allylic oxidation sites excluding steroid dienone is 1. The summed E-state index contributed by atoms with van der Waals surface area (Å²) in [6.45, 7) is 2.29. The van der Waals surface area contributed by atoms with Gasteiger partial charge in [-0.3, -0.25) is 4.79 Å². The molecule has 13 heavy (non-hydrogen) atoms. The Balaban J connectivity index is 2.80. The van der Waals surface area contributed by atoms with Crippen molar-refractivity contribution in [3.63, 3.8) is 0 Å². The minimum atomic E-state index is -0.857. The second-order valence-electron chi connectivity index (χ2n) is 2.72. The number of hydrogen-bond donors (Lipinski definition) is 0. The molecule has 0 aromatic heterocycles. The summed E-state index contributed by atoms with van der Waals surface area (Å²) in [7, 11) is 1.76. The van der Waals surface area contributed by atoms with Gasteiger partial charge in [-0.25, -0.2) is 4.79 Å². The van der Waals surface area contributed by atoms with Crippen LogP contribution in [0.15, 0.2) is 11.3 Å². The molecule has 0 fully saturated rings. The van der Waals surface area contributed by atoms with Crippen LogP contribution in [-0.4, -0.2) is 18.4 Å². The molecule has 5 heteroatoms. The van der Waals surface area contributed by atoms with Gasteiger partial charge in [0.2, 0.25) is 0 Å². The third-order valence-electron chi connectivity index (χ3n) is 1.88. The maximum atomic E-state index is 11.3. The Morgan fingerprint density at radius 3 is 2.77 bits per heavy atom. The number of carbonyl (C=O) groups excluding carboxylic acids is 2. The van der Waals surface area contributed by atoms with Crippen molar-refractivity contribution in [2.75, 3.05) is 6.61 Å². The Labute approximate surface area is 78.6 Å². The Morgan fingerprint density at radius 2 is 2.23 bits per heavy atom. The van der Waals surface area contributed by atoms with Gasteiger partial charge in [0.1, 0.15) is 5.76 Å². The number of ketones is 1. The van der Waals surface area contributed by atoms with Gasteiger partial charge in [-0.2, -0.15) is 0 Å². The zero-order valence-corrected chi connectivity index (χ0v) is 8.49. The van der Waals surface area contributed by atoms with E-state index in [1.165, 1.54) is 0 Å². The van der Waals surface area contributed by atoms with Crippen LogP contribution in [0.3, 0.4) is 0 Å². The van der Waals surface area contributed by atoms with E-state index in [1.807, 2.05) is 0 Å². The van der Waals surface area contributed by atoms with E-state index in [4.69, 9.17) is 4.74 Å². The molecule has 72 valence electrons. The summed E-state index contributed by atoms with van der Waals surface area (Å²) in [4.78, 5) is 22.2. The minimum Gasteiger partial charge on any atom is -0.498 e. The van der Waals surface area contributed by atoms with Crippen molar-refractivity contribution < 1.29 is 18.8 Å². The van der Waals surface area contributed by atoms with E-state index < -0.39 is 11.8 Å². The molecule has 0 amide bonds. The van der Waals surface area contributed by atoms with E-state index in [1.54, 1.807) is 16.4 Å². The molecule has 0 radical (unpaired) electrons. The summed E-state index contributed by atoms with van der Waals surface area (Å²) in [5.74, 6) is -0.927. The van der Waals surface area contributed by atoms with Gasteiger partial charge in [-0.15, -0.1) is 0 Å². The molecule has 0 aliphatic carbocycles. The second-order valence-corrected chi connectivity index (χ2v) is 2.96. The molecular formula is C8H11O4P. The van der Waals surface area contributed by atoms with Crippen molar-refractivity contribution in [1.29, 1.82) is 0 Å². The van der Waals surface area contributed by atoms with E-state index in [2.05, 4.69) is 4.52 Å². The first-order valence-electron chi connectivity index (χ1n) is 3.94. The van der Waals surface area contributed by atoms with E-state index in [0.717, 1.165) is 6.42 Å². The fourth-order valence-electron chi connectivity index (χ4n) is 1.19. The summed E-state index contributed by atoms with van der Waals surface area (Å²) in [5.41, 5.74) is 0.429. The molecule has 0 spiro atoms. The van der Waals surface area contributed by atoms with Crippen molar-refractivity contribution in [3.05, 3.63) is 11.3 Å². The van der Waals surface area contributed by atoms with Crippen LogP contribution in [0.5, 0.6) is 0 Å². The van der Waals surface area contributed by atoms with Gasteiger partial charge in [0, 0.05) is 5.57 Å². The summed E-state index contributed by atoms with van der Waals surface area (Å²) in [6, 6.07) is 0. The van der Waals surface area contributed by atoms with Crippen LogP contribution in [-0.2, 0) is 18.8 Å². The largest absolute Gasteiger partial charge is 0.498 e. The molecule has 0 N–H and O–H groups in total. The predicted octanol–water partition coefficient (Wildman–Crippen LogP) is 0.973. The SMILES string of the molecule is CC1=C(C(=O)C(=O)OP)CCCO1. The van der Waals surface area contributed by atoms with Crippen molar-refractivity contribution in [3.8, 4) is 0 Å². The van der Waals surface area contributed by atoms with Crippen LogP contribution in [0.1, 0.15) is 19.8 Å². The van der Waals surface area contributed by atoms with Gasteiger partial charge >= 0.3 is 5.97 Å². The van der Waals surface area contributed by atoms with Gasteiger partial charge in [0.25, 0.3) is 5.78 Å². The van der Waals surface area contributed by atoms with Crippen LogP contribution < -0.4 is 0 Å². The first-order chi connectivity index (χ1) is 6.16. The highest BCUT2D eigenvalue weighted by Crippen LogP contribution is 2.19. The zero-order valence-electron chi connectivity index (χ0n) is 7.33. The lowest BCUT2D eigenvalue weighted by molar-refractivity contribution is -0.144. The normalized spacial score (nSPS) is 16.5. The standard InChI is InChI=1S/C8H11O4P/c1-5-6(3-2-4-11-5)7(9)8(10)12-13/h2-4,13H2,1H3. The zero-order chi connectivity index (χ0) is 9.84. The third kappa shape index (κ3) is 2.28. The van der Waals surface area contributed by atoms with Crippen molar-refractivity contribution >= 4 is 21.2 Å². The Hall–Kier alpha value is -0.890. The number of rotatable bonds is 2. The van der Waals surface area contributed by atoms with Crippen LogP contribution in [0.4, 0.5) is 0 Å². The van der Waals surface area contributed by atoms with Crippen LogP contribution >= 0.6 is 9.47 Å². The van der Waals surface area contributed by atoms with E-state index >= 15 is 0 Å². The summed E-state index contributed by atoms with van der Waals surface area (Å²) < 4.78 is 9.40. The highest BCUT2D eigenvalue weighted by Gasteiger charge is 2.24. The second kappa shape index (κ2) is 4.38. The van der Waals surface area contributed by atoms with Crippen molar-refractivity contribution in [2.24, 2.45) is 0 Å². The predicted molar refractivity (Wildman–Crippen MR) is 48.7 cm³/mol. The maximum Gasteiger partial charge on any atom is 0.381 e. The fourth-order valence-corrected chi connectivity index (χ4v) is 1.29. The van der Waals surface area contributed by atoms with E-state index in [0.29, 0.717) is 24.4 Å². The van der Waals surface area contributed by atoms with Crippen molar-refractivity contribution in [2.45, 2.75) is 19.8 Å². The topological polar surface area (TPSA) is 52.6 Å². The number of Topliss-reactive ketones (excluding diaryl/α,β-unsaturated/α-hetero) is 1. The lowest BCUT2D eigenvalue weighted by atomic mass is 10.0. The van der Waals surface area contributed by atoms with Gasteiger partial charge < -0.3 is 9.26 Å². The number of hydrogen-bond acceptors (Lipinski definition) is 4. The summed E-state index contributed by atoms with van der Waals surface area (Å²) in [6.07, 6.45) is 1.35. The molecule has 1 atom stereocenters. The smallest absolute Gasteiger partial charge is 0.381 e. The summed E-state index contributed by atoms with van der Waals surface area (Å²) in [5, 5.41) is 0. The first-order valence-corrected chi connectivity index (χ1v) is 4.42. The number of ether oxygens (including phenoxy) is 1. The molecule has 4 nitrogen and oxygen atoms in total. The minimum absolute atomic E-state index is 0.429. The first kappa shape index (κ1) is 10.2. The summed E-state index contributed by atoms with van der Waals surface area (Å²) >= 11 is 0. The van der Waals surface area contributed by atoms with Crippen LogP contribution in [0, 0.1) is 0 Å². The van der Waals surface area contributed by atoms with Crippen LogP contribution in [0.2, 0.25) is 0 Å². The quantitative estimate of drug-likeness (QED) is 0.494. The monoisotopic (exact) mass is 202 g/mol. The molecule has 0 saturated heterocycles. The molecular weight excluding hydrogens is 191 g/mol. The van der Waals surface area contributed by atoms with Crippen molar-refractivity contribution in [1.82, 2.24) is 0 Å². The average Bonchev–Trinajstić information content (AvgIpc) is 2.16. The molecule has 0 aromatic carbocycles. The van der Waals surface area contributed by atoms with E-state index in [-0.39, 0.29) is 0 Å². The third-order valence-corrected chi connectivity index (χ3v) is 2.10. The molecule has 0 saturated carbocycles. The highest BCUT2D eigenvalue weighted by atomic mass is 31.0. The molecule has 1 aliphatic heterocycles. The average molecular weight is 202 g/mol. The molecule has 0 aromatic rings. The Morgan fingerprint density at radius 1 is 1.54 bits per heavy atom. The molecule has 0 bridgehead atoms. The fraction of sp³-hybridized carbons (Fsp3) is 0.500. The van der Waals surface area contributed by atoms with Gasteiger partial charge in [0.05, 0.1) is 16.1 Å². The highest BCUT2D eigenvalue weighted by molar-refractivity contribution is 7.11. The lowest BCUT2D eigenvalue weighted by Crippen LogP contribution is -2.20. The molecule has 1 heterocycles. The van der Waals surface area contributed by atoms with Crippen LogP contribution in [0.25, 0.3) is 0 Å².